The summed E-state index contributed by atoms with van der Waals surface area (Å²) in [6.45, 7) is 4.27. The molecule has 1 fully saturated rings. The van der Waals surface area contributed by atoms with Crippen LogP contribution in [0.3, 0.4) is 0 Å². The predicted octanol–water partition coefficient (Wildman–Crippen LogP) is 4.38. The summed E-state index contributed by atoms with van der Waals surface area (Å²) >= 11 is 3.42. The van der Waals surface area contributed by atoms with Crippen molar-refractivity contribution in [3.05, 3.63) is 57.7 Å². The van der Waals surface area contributed by atoms with Crippen LogP contribution in [0.15, 0.2) is 47.2 Å². The summed E-state index contributed by atoms with van der Waals surface area (Å²) in [7, 11) is 0. The number of amides is 1. The van der Waals surface area contributed by atoms with Crippen molar-refractivity contribution in [1.82, 2.24) is 14.8 Å². The molecule has 0 saturated carbocycles. The zero-order valence-electron chi connectivity index (χ0n) is 16.7. The molecule has 3 aromatic rings. The molecule has 0 radical (unpaired) electrons. The van der Waals surface area contributed by atoms with E-state index in [4.69, 9.17) is 14.5 Å². The highest BCUT2D eigenvalue weighted by Gasteiger charge is 2.21. The van der Waals surface area contributed by atoms with Crippen molar-refractivity contribution in [1.29, 1.82) is 0 Å². The van der Waals surface area contributed by atoms with Crippen LogP contribution >= 0.6 is 35.1 Å². The van der Waals surface area contributed by atoms with Crippen LogP contribution in [-0.4, -0.2) is 53.7 Å². The lowest BCUT2D eigenvalue weighted by molar-refractivity contribution is -0.127. The fourth-order valence-electron chi connectivity index (χ4n) is 3.53. The molecular weight excluding hydrogens is 454 g/mol. The van der Waals surface area contributed by atoms with Gasteiger partial charge in [-0.1, -0.05) is 12.1 Å². The fraction of sp³-hybridized carbons (Fsp3) is 0.273. The van der Waals surface area contributed by atoms with Gasteiger partial charge in [0.1, 0.15) is 5.01 Å². The first-order valence-corrected chi connectivity index (χ1v) is 11.6. The molecule has 0 unspecified atom stereocenters. The standard InChI is InChI=1S/C22H21N3O3S2.ClH/c26-22(6-4-16-3-5-18-19(12-16)28-15-27-18)25-9-7-24(8-10-25)13-21-23-17(14-30-21)20-2-1-11-29-20;/h1-6,11-12,14H,7-10,13,15H2;1H/b6-4-;. The molecule has 0 N–H and O–H groups in total. The van der Waals surface area contributed by atoms with Gasteiger partial charge in [0.25, 0.3) is 0 Å². The van der Waals surface area contributed by atoms with Gasteiger partial charge in [-0.15, -0.1) is 35.1 Å². The maximum atomic E-state index is 12.6. The number of halogens is 1. The van der Waals surface area contributed by atoms with E-state index in [0.29, 0.717) is 0 Å². The van der Waals surface area contributed by atoms with Gasteiger partial charge in [0, 0.05) is 37.6 Å². The molecule has 0 bridgehead atoms. The third-order valence-corrected chi connectivity index (χ3v) is 6.91. The molecule has 2 aromatic heterocycles. The van der Waals surface area contributed by atoms with Gasteiger partial charge >= 0.3 is 0 Å². The molecule has 4 heterocycles. The number of carbonyl (C=O) groups is 1. The minimum absolute atomic E-state index is 0. The van der Waals surface area contributed by atoms with E-state index < -0.39 is 0 Å². The summed E-state index contributed by atoms with van der Waals surface area (Å²) in [6, 6.07) is 9.84. The number of hydrogen-bond acceptors (Lipinski definition) is 7. The van der Waals surface area contributed by atoms with E-state index in [1.807, 2.05) is 29.2 Å². The Balaban J connectivity index is 0.00000231. The van der Waals surface area contributed by atoms with Crippen LogP contribution in [0.5, 0.6) is 11.5 Å². The minimum Gasteiger partial charge on any atom is -0.454 e. The monoisotopic (exact) mass is 475 g/mol. The Kier molecular flexibility index (Phi) is 6.92. The summed E-state index contributed by atoms with van der Waals surface area (Å²) in [4.78, 5) is 22.8. The Labute approximate surface area is 195 Å². The SMILES string of the molecule is Cl.O=C(/C=C\c1ccc2c(c1)OCO2)N1CCN(Cc2nc(-c3cccs3)cs2)CC1. The summed E-state index contributed by atoms with van der Waals surface area (Å²) < 4.78 is 10.7. The highest BCUT2D eigenvalue weighted by molar-refractivity contribution is 7.14. The smallest absolute Gasteiger partial charge is 0.246 e. The van der Waals surface area contributed by atoms with E-state index in [1.54, 1.807) is 28.7 Å². The van der Waals surface area contributed by atoms with Crippen molar-refractivity contribution in [2.75, 3.05) is 33.0 Å². The number of thiazole rings is 1. The first kappa shape index (κ1) is 21.8. The van der Waals surface area contributed by atoms with Crippen LogP contribution in [-0.2, 0) is 11.3 Å². The number of piperazine rings is 1. The summed E-state index contributed by atoms with van der Waals surface area (Å²) in [5.74, 6) is 1.52. The minimum atomic E-state index is 0. The van der Waals surface area contributed by atoms with Gasteiger partial charge in [-0.05, 0) is 35.2 Å². The van der Waals surface area contributed by atoms with E-state index in [0.717, 1.165) is 60.5 Å². The van der Waals surface area contributed by atoms with Crippen LogP contribution in [0, 0.1) is 0 Å². The van der Waals surface area contributed by atoms with Gasteiger partial charge < -0.3 is 14.4 Å². The quantitative estimate of drug-likeness (QED) is 0.512. The van der Waals surface area contributed by atoms with Crippen LogP contribution in [0.2, 0.25) is 0 Å². The molecule has 6 nitrogen and oxygen atoms in total. The second-order valence-corrected chi connectivity index (χ2v) is 9.04. The van der Waals surface area contributed by atoms with E-state index >= 15 is 0 Å². The highest BCUT2D eigenvalue weighted by Crippen LogP contribution is 2.32. The van der Waals surface area contributed by atoms with Crippen molar-refractivity contribution < 1.29 is 14.3 Å². The molecular formula is C22H22ClN3O3S2. The van der Waals surface area contributed by atoms with Crippen LogP contribution in [0.4, 0.5) is 0 Å². The molecule has 1 aromatic carbocycles. The van der Waals surface area contributed by atoms with Gasteiger partial charge in [0.2, 0.25) is 12.7 Å². The number of hydrogen-bond donors (Lipinski definition) is 0. The van der Waals surface area contributed by atoms with Gasteiger partial charge in [0.15, 0.2) is 11.5 Å². The highest BCUT2D eigenvalue weighted by atomic mass is 35.5. The van der Waals surface area contributed by atoms with Crippen molar-refractivity contribution in [2.24, 2.45) is 0 Å². The molecule has 31 heavy (non-hydrogen) atoms. The average Bonchev–Trinajstić information content (AvgIpc) is 3.53. The molecule has 5 rings (SSSR count). The number of rotatable bonds is 5. The van der Waals surface area contributed by atoms with Crippen molar-refractivity contribution in [3.8, 4) is 22.1 Å². The fourth-order valence-corrected chi connectivity index (χ4v) is 5.12. The second kappa shape index (κ2) is 9.82. The number of ether oxygens (including phenoxy) is 2. The third-order valence-electron chi connectivity index (χ3n) is 5.18. The largest absolute Gasteiger partial charge is 0.454 e. The molecule has 0 aliphatic carbocycles. The zero-order chi connectivity index (χ0) is 20.3. The summed E-state index contributed by atoms with van der Waals surface area (Å²) in [5, 5.41) is 5.33. The molecule has 1 amide bonds. The van der Waals surface area contributed by atoms with Gasteiger partial charge in [-0.25, -0.2) is 4.98 Å². The number of benzene rings is 1. The van der Waals surface area contributed by atoms with Crippen molar-refractivity contribution in [3.63, 3.8) is 0 Å². The molecule has 2 aliphatic rings. The Morgan fingerprint density at radius 3 is 2.74 bits per heavy atom. The first-order valence-electron chi connectivity index (χ1n) is 9.82. The van der Waals surface area contributed by atoms with E-state index in [2.05, 4.69) is 27.8 Å². The van der Waals surface area contributed by atoms with Crippen LogP contribution in [0.25, 0.3) is 16.6 Å². The molecule has 9 heteroatoms. The normalized spacial score (nSPS) is 15.9. The first-order chi connectivity index (χ1) is 14.7. The van der Waals surface area contributed by atoms with Crippen LogP contribution < -0.4 is 9.47 Å². The Hall–Kier alpha value is -2.39. The second-order valence-electron chi connectivity index (χ2n) is 7.15. The molecule has 2 aliphatic heterocycles. The molecule has 1 saturated heterocycles. The van der Waals surface area contributed by atoms with Gasteiger partial charge in [-0.3, -0.25) is 9.69 Å². The Morgan fingerprint density at radius 2 is 1.94 bits per heavy atom. The van der Waals surface area contributed by atoms with E-state index in [9.17, 15) is 4.79 Å². The lowest BCUT2D eigenvalue weighted by Gasteiger charge is -2.33. The molecule has 162 valence electrons. The molecule has 0 spiro atoms. The van der Waals surface area contributed by atoms with Gasteiger partial charge in [0.05, 0.1) is 17.1 Å². The Bertz CT molecular complexity index is 1060. The summed E-state index contributed by atoms with van der Waals surface area (Å²) in [5.41, 5.74) is 1.99. The lowest BCUT2D eigenvalue weighted by atomic mass is 10.2. The lowest BCUT2D eigenvalue weighted by Crippen LogP contribution is -2.47. The third kappa shape index (κ3) is 5.10. The predicted molar refractivity (Wildman–Crippen MR) is 126 cm³/mol. The number of aromatic nitrogens is 1. The zero-order valence-corrected chi connectivity index (χ0v) is 19.2. The van der Waals surface area contributed by atoms with Crippen molar-refractivity contribution >= 4 is 47.1 Å². The summed E-state index contributed by atoms with van der Waals surface area (Å²) in [6.07, 6.45) is 3.47. The average molecular weight is 476 g/mol. The number of nitrogens with zero attached hydrogens (tertiary/aromatic N) is 3. The van der Waals surface area contributed by atoms with Crippen LogP contribution in [0.1, 0.15) is 10.6 Å². The topological polar surface area (TPSA) is 54.9 Å². The number of carbonyl (C=O) groups excluding carboxylic acids is 1. The van der Waals surface area contributed by atoms with E-state index in [1.165, 1.54) is 4.88 Å². The maximum Gasteiger partial charge on any atom is 0.246 e. The van der Waals surface area contributed by atoms with E-state index in [-0.39, 0.29) is 25.1 Å². The maximum absolute atomic E-state index is 12.6. The number of thiophene rings is 1. The van der Waals surface area contributed by atoms with Gasteiger partial charge in [-0.2, -0.15) is 0 Å². The number of fused-ring (bicyclic) bond motifs is 1. The Morgan fingerprint density at radius 1 is 1.10 bits per heavy atom. The van der Waals surface area contributed by atoms with Crippen molar-refractivity contribution in [2.45, 2.75) is 6.54 Å². The molecule has 0 atom stereocenters.